The first-order chi connectivity index (χ1) is 8.10. The van der Waals surface area contributed by atoms with Crippen LogP contribution in [0.25, 0.3) is 0 Å². The Hall–Kier alpha value is -1.26. The molecule has 0 radical (unpaired) electrons. The summed E-state index contributed by atoms with van der Waals surface area (Å²) in [6.07, 6.45) is 0.992. The van der Waals surface area contributed by atoms with Gasteiger partial charge >= 0.3 is 0 Å². The van der Waals surface area contributed by atoms with Gasteiger partial charge in [-0.3, -0.25) is 5.41 Å². The predicted molar refractivity (Wildman–Crippen MR) is 72.1 cm³/mol. The van der Waals surface area contributed by atoms with Crippen LogP contribution in [0.2, 0.25) is 5.02 Å². The third-order valence-corrected chi connectivity index (χ3v) is 2.78. The van der Waals surface area contributed by atoms with Crippen molar-refractivity contribution in [2.24, 2.45) is 5.73 Å². The molecule has 0 bridgehead atoms. The van der Waals surface area contributed by atoms with E-state index in [9.17, 15) is 0 Å². The van der Waals surface area contributed by atoms with E-state index in [0.29, 0.717) is 17.1 Å². The summed E-state index contributed by atoms with van der Waals surface area (Å²) in [4.78, 5) is 2.05. The van der Waals surface area contributed by atoms with Crippen LogP contribution < -0.4 is 10.6 Å². The van der Waals surface area contributed by atoms with E-state index in [4.69, 9.17) is 27.9 Å². The average molecular weight is 256 g/mol. The van der Waals surface area contributed by atoms with Crippen LogP contribution >= 0.6 is 11.6 Å². The van der Waals surface area contributed by atoms with E-state index in [1.54, 1.807) is 12.1 Å². The maximum absolute atomic E-state index is 9.01. The van der Waals surface area contributed by atoms with Gasteiger partial charge in [0.05, 0.1) is 11.6 Å². The highest BCUT2D eigenvalue weighted by atomic mass is 35.5. The second-order valence-corrected chi connectivity index (χ2v) is 4.20. The summed E-state index contributed by atoms with van der Waals surface area (Å²) < 4.78 is 0. The first kappa shape index (κ1) is 13.8. The molecule has 94 valence electrons. The summed E-state index contributed by atoms with van der Waals surface area (Å²) in [7, 11) is 0. The van der Waals surface area contributed by atoms with E-state index in [-0.39, 0.29) is 12.4 Å². The number of nitrogens with two attached hydrogens (primary N) is 1. The summed E-state index contributed by atoms with van der Waals surface area (Å²) in [5, 5.41) is 16.8. The highest BCUT2D eigenvalue weighted by molar-refractivity contribution is 6.34. The van der Waals surface area contributed by atoms with Gasteiger partial charge in [0.1, 0.15) is 5.84 Å². The number of rotatable bonds is 6. The van der Waals surface area contributed by atoms with E-state index in [2.05, 4.69) is 11.8 Å². The van der Waals surface area contributed by atoms with Gasteiger partial charge < -0.3 is 15.7 Å². The van der Waals surface area contributed by atoms with Crippen molar-refractivity contribution < 1.29 is 5.11 Å². The average Bonchev–Trinajstić information content (AvgIpc) is 2.28. The first-order valence-corrected chi connectivity index (χ1v) is 5.97. The lowest BCUT2D eigenvalue weighted by molar-refractivity contribution is 0.302. The molecule has 0 spiro atoms. The van der Waals surface area contributed by atoms with Gasteiger partial charge in [0.2, 0.25) is 0 Å². The van der Waals surface area contributed by atoms with Crippen LogP contribution in [0.4, 0.5) is 5.69 Å². The standard InChI is InChI=1S/C12H18ClN3O/c1-2-5-16(6-7-17)9-3-4-10(12(14)15)11(13)8-9/h3-4,8,17H,2,5-7H2,1H3,(H3,14,15). The number of benzene rings is 1. The first-order valence-electron chi connectivity index (χ1n) is 5.60. The number of halogens is 1. The number of aliphatic hydroxyl groups is 1. The Kier molecular flexibility index (Phi) is 5.25. The summed E-state index contributed by atoms with van der Waals surface area (Å²) >= 11 is 6.06. The number of amidine groups is 1. The lowest BCUT2D eigenvalue weighted by Crippen LogP contribution is -2.27. The van der Waals surface area contributed by atoms with E-state index < -0.39 is 0 Å². The molecule has 0 atom stereocenters. The molecular weight excluding hydrogens is 238 g/mol. The molecule has 0 aliphatic heterocycles. The molecule has 0 amide bonds. The number of hydrogen-bond acceptors (Lipinski definition) is 3. The molecule has 0 aliphatic carbocycles. The van der Waals surface area contributed by atoms with Crippen LogP contribution in [0.1, 0.15) is 18.9 Å². The van der Waals surface area contributed by atoms with Gasteiger partial charge in [0.15, 0.2) is 0 Å². The van der Waals surface area contributed by atoms with Crippen LogP contribution in [-0.4, -0.2) is 30.6 Å². The minimum atomic E-state index is -0.0363. The molecule has 4 nitrogen and oxygen atoms in total. The Morgan fingerprint density at radius 3 is 2.65 bits per heavy atom. The minimum Gasteiger partial charge on any atom is -0.395 e. The van der Waals surface area contributed by atoms with Crippen molar-refractivity contribution in [2.75, 3.05) is 24.6 Å². The summed E-state index contributed by atoms with van der Waals surface area (Å²) in [5.74, 6) is -0.0363. The second kappa shape index (κ2) is 6.47. The molecule has 1 aromatic rings. The molecule has 0 aromatic heterocycles. The summed E-state index contributed by atoms with van der Waals surface area (Å²) in [6.45, 7) is 3.61. The predicted octanol–water partition coefficient (Wildman–Crippen LogP) is 1.83. The van der Waals surface area contributed by atoms with E-state index in [1.165, 1.54) is 0 Å². The molecular formula is C12H18ClN3O. The number of hydrogen-bond donors (Lipinski definition) is 3. The van der Waals surface area contributed by atoms with Gasteiger partial charge in [-0.15, -0.1) is 0 Å². The monoisotopic (exact) mass is 255 g/mol. The lowest BCUT2D eigenvalue weighted by Gasteiger charge is -2.23. The molecule has 17 heavy (non-hydrogen) atoms. The molecule has 1 aromatic carbocycles. The Labute approximate surface area is 107 Å². The molecule has 0 saturated heterocycles. The normalized spacial score (nSPS) is 10.3. The Morgan fingerprint density at radius 2 is 2.18 bits per heavy atom. The summed E-state index contributed by atoms with van der Waals surface area (Å²) in [6, 6.07) is 5.39. The van der Waals surface area contributed by atoms with Crippen molar-refractivity contribution in [3.8, 4) is 0 Å². The number of anilines is 1. The zero-order valence-electron chi connectivity index (χ0n) is 9.91. The van der Waals surface area contributed by atoms with Gasteiger partial charge in [0, 0.05) is 24.3 Å². The third kappa shape index (κ3) is 3.61. The lowest BCUT2D eigenvalue weighted by atomic mass is 10.1. The van der Waals surface area contributed by atoms with Crippen LogP contribution in [0.3, 0.4) is 0 Å². The van der Waals surface area contributed by atoms with Crippen molar-refractivity contribution in [3.05, 3.63) is 28.8 Å². The fourth-order valence-electron chi connectivity index (χ4n) is 1.68. The quantitative estimate of drug-likeness (QED) is 0.536. The molecule has 0 aliphatic rings. The molecule has 5 heteroatoms. The van der Waals surface area contributed by atoms with Gasteiger partial charge in [-0.1, -0.05) is 18.5 Å². The zero-order chi connectivity index (χ0) is 12.8. The zero-order valence-corrected chi connectivity index (χ0v) is 10.7. The van der Waals surface area contributed by atoms with Crippen LogP contribution in [0.15, 0.2) is 18.2 Å². The maximum atomic E-state index is 9.01. The number of nitrogens with one attached hydrogen (secondary N) is 1. The van der Waals surface area contributed by atoms with E-state index in [1.807, 2.05) is 6.07 Å². The third-order valence-electron chi connectivity index (χ3n) is 2.47. The van der Waals surface area contributed by atoms with Crippen molar-refractivity contribution in [1.29, 1.82) is 5.41 Å². The highest BCUT2D eigenvalue weighted by Gasteiger charge is 2.09. The summed E-state index contributed by atoms with van der Waals surface area (Å²) in [5.41, 5.74) is 6.88. The van der Waals surface area contributed by atoms with Crippen LogP contribution in [-0.2, 0) is 0 Å². The van der Waals surface area contributed by atoms with E-state index >= 15 is 0 Å². The van der Waals surface area contributed by atoms with Crippen molar-refractivity contribution in [3.63, 3.8) is 0 Å². The molecule has 0 unspecified atom stereocenters. The van der Waals surface area contributed by atoms with Crippen molar-refractivity contribution in [1.82, 2.24) is 0 Å². The Bertz CT molecular complexity index is 389. The molecule has 0 saturated carbocycles. The van der Waals surface area contributed by atoms with Gasteiger partial charge in [0.25, 0.3) is 0 Å². The molecule has 1 rings (SSSR count). The van der Waals surface area contributed by atoms with Gasteiger partial charge in [-0.05, 0) is 24.6 Å². The van der Waals surface area contributed by atoms with Gasteiger partial charge in [-0.2, -0.15) is 0 Å². The van der Waals surface area contributed by atoms with Gasteiger partial charge in [-0.25, -0.2) is 0 Å². The number of aliphatic hydroxyl groups excluding tert-OH is 1. The SMILES string of the molecule is CCCN(CCO)c1ccc(C(=N)N)c(Cl)c1. The maximum Gasteiger partial charge on any atom is 0.124 e. The minimum absolute atomic E-state index is 0.0363. The smallest absolute Gasteiger partial charge is 0.124 e. The number of nitrogen functional groups attached to an aromatic ring is 1. The molecule has 0 heterocycles. The molecule has 0 fully saturated rings. The fraction of sp³-hybridized carbons (Fsp3) is 0.417. The Balaban J connectivity index is 2.97. The Morgan fingerprint density at radius 1 is 1.47 bits per heavy atom. The fourth-order valence-corrected chi connectivity index (χ4v) is 1.96. The topological polar surface area (TPSA) is 73.3 Å². The van der Waals surface area contributed by atoms with E-state index in [0.717, 1.165) is 18.7 Å². The molecule has 4 N–H and O–H groups in total. The van der Waals surface area contributed by atoms with Crippen LogP contribution in [0, 0.1) is 5.41 Å². The highest BCUT2D eigenvalue weighted by Crippen LogP contribution is 2.23. The van der Waals surface area contributed by atoms with Crippen molar-refractivity contribution in [2.45, 2.75) is 13.3 Å². The van der Waals surface area contributed by atoms with Crippen molar-refractivity contribution >= 4 is 23.1 Å². The largest absolute Gasteiger partial charge is 0.395 e. The van der Waals surface area contributed by atoms with Crippen LogP contribution in [0.5, 0.6) is 0 Å². The number of nitrogens with zero attached hydrogens (tertiary/aromatic N) is 1. The second-order valence-electron chi connectivity index (χ2n) is 3.79.